The van der Waals surface area contributed by atoms with Crippen LogP contribution in [0.1, 0.15) is 36.5 Å². The normalized spacial score (nSPS) is 11.6. The van der Waals surface area contributed by atoms with Crippen molar-refractivity contribution in [3.8, 4) is 23.0 Å². The number of ether oxygens (including phenoxy) is 3. The number of carbonyl (C=O) groups is 1. The number of rotatable bonds is 11. The van der Waals surface area contributed by atoms with Gasteiger partial charge >= 0.3 is 5.97 Å². The molecule has 0 heterocycles. The van der Waals surface area contributed by atoms with E-state index in [0.29, 0.717) is 41.7 Å². The molecule has 6 heteroatoms. The van der Waals surface area contributed by atoms with Crippen molar-refractivity contribution >= 4 is 17.6 Å². The highest BCUT2D eigenvalue weighted by molar-refractivity contribution is 6.30. The van der Waals surface area contributed by atoms with Gasteiger partial charge in [-0.2, -0.15) is 0 Å². The minimum atomic E-state index is -0.794. The molecule has 174 valence electrons. The second kappa shape index (κ2) is 11.6. The van der Waals surface area contributed by atoms with Crippen molar-refractivity contribution in [2.45, 2.75) is 46.1 Å². The molecule has 3 rings (SSSR count). The summed E-state index contributed by atoms with van der Waals surface area (Å²) in [6.45, 7) is 6.43. The Morgan fingerprint density at radius 2 is 1.70 bits per heavy atom. The van der Waals surface area contributed by atoms with Gasteiger partial charge in [0.1, 0.15) is 11.5 Å². The zero-order chi connectivity index (χ0) is 23.8. The van der Waals surface area contributed by atoms with Crippen molar-refractivity contribution in [2.75, 3.05) is 6.61 Å². The van der Waals surface area contributed by atoms with Crippen LogP contribution in [-0.2, 0) is 11.2 Å². The summed E-state index contributed by atoms with van der Waals surface area (Å²) in [6, 6.07) is 18.8. The molecule has 0 aromatic heterocycles. The van der Waals surface area contributed by atoms with Gasteiger partial charge in [0, 0.05) is 23.9 Å². The average Bonchev–Trinajstić information content (AvgIpc) is 2.77. The summed E-state index contributed by atoms with van der Waals surface area (Å²) in [4.78, 5) is 10.8. The van der Waals surface area contributed by atoms with Gasteiger partial charge in [0.15, 0.2) is 11.5 Å². The Morgan fingerprint density at radius 1 is 1.00 bits per heavy atom. The molecule has 0 amide bonds. The molecule has 3 aromatic rings. The molecule has 1 N–H and O–H groups in total. The van der Waals surface area contributed by atoms with Gasteiger partial charge < -0.3 is 19.3 Å². The minimum Gasteiger partial charge on any atom is -0.493 e. The second-order valence-corrected chi connectivity index (χ2v) is 8.46. The first-order valence-electron chi connectivity index (χ1n) is 11.0. The van der Waals surface area contributed by atoms with Crippen LogP contribution in [0.3, 0.4) is 0 Å². The van der Waals surface area contributed by atoms with E-state index in [4.69, 9.17) is 30.9 Å². The van der Waals surface area contributed by atoms with Gasteiger partial charge in [-0.25, -0.2) is 0 Å². The Labute approximate surface area is 199 Å². The van der Waals surface area contributed by atoms with Gasteiger partial charge in [-0.3, -0.25) is 4.79 Å². The smallest absolute Gasteiger partial charge is 0.303 e. The molecule has 33 heavy (non-hydrogen) atoms. The predicted octanol–water partition coefficient (Wildman–Crippen LogP) is 7.00. The summed E-state index contributed by atoms with van der Waals surface area (Å²) in [5, 5.41) is 9.47. The lowest BCUT2D eigenvalue weighted by atomic mass is 10.0. The van der Waals surface area contributed by atoms with Gasteiger partial charge in [0.05, 0.1) is 12.7 Å². The molecule has 0 bridgehead atoms. The van der Waals surface area contributed by atoms with Crippen molar-refractivity contribution in [1.82, 2.24) is 0 Å². The molecule has 1 unspecified atom stereocenters. The molecule has 0 saturated carbocycles. The van der Waals surface area contributed by atoms with E-state index >= 15 is 0 Å². The van der Waals surface area contributed by atoms with Crippen LogP contribution in [0.2, 0.25) is 5.02 Å². The Kier molecular flexibility index (Phi) is 8.61. The summed E-state index contributed by atoms with van der Waals surface area (Å²) < 4.78 is 18.1. The average molecular weight is 469 g/mol. The van der Waals surface area contributed by atoms with Crippen molar-refractivity contribution in [3.63, 3.8) is 0 Å². The third-order valence-electron chi connectivity index (χ3n) is 5.12. The van der Waals surface area contributed by atoms with Crippen molar-refractivity contribution in [3.05, 3.63) is 82.4 Å². The zero-order valence-corrected chi connectivity index (χ0v) is 19.9. The number of aryl methyl sites for hydroxylation is 3. The maximum Gasteiger partial charge on any atom is 0.303 e. The molecule has 1 atom stereocenters. The first-order chi connectivity index (χ1) is 15.8. The number of carboxylic acid groups (broad SMARTS) is 1. The highest BCUT2D eigenvalue weighted by Crippen LogP contribution is 2.35. The van der Waals surface area contributed by atoms with Crippen LogP contribution in [0.4, 0.5) is 0 Å². The second-order valence-electron chi connectivity index (χ2n) is 8.02. The lowest BCUT2D eigenvalue weighted by Gasteiger charge is -2.19. The minimum absolute atomic E-state index is 0.111. The molecule has 0 fully saturated rings. The molecular formula is C27H29ClO5. The first-order valence-corrected chi connectivity index (χ1v) is 11.3. The van der Waals surface area contributed by atoms with Gasteiger partial charge in [-0.15, -0.1) is 0 Å². The Balaban J connectivity index is 1.58. The van der Waals surface area contributed by atoms with Gasteiger partial charge in [0.25, 0.3) is 0 Å². The number of hydrogen-bond acceptors (Lipinski definition) is 4. The summed E-state index contributed by atoms with van der Waals surface area (Å²) in [5.41, 5.74) is 3.01. The first kappa shape index (κ1) is 24.5. The largest absolute Gasteiger partial charge is 0.493 e. The molecule has 3 aromatic carbocycles. The van der Waals surface area contributed by atoms with Gasteiger partial charge in [0.2, 0.25) is 0 Å². The van der Waals surface area contributed by atoms with E-state index in [-0.39, 0.29) is 12.5 Å². The van der Waals surface area contributed by atoms with E-state index < -0.39 is 5.97 Å². The maximum absolute atomic E-state index is 10.8. The lowest BCUT2D eigenvalue weighted by molar-refractivity contribution is -0.136. The summed E-state index contributed by atoms with van der Waals surface area (Å²) in [6.07, 6.45) is 1.19. The number of aliphatic carboxylic acids is 1. The van der Waals surface area contributed by atoms with E-state index in [2.05, 4.69) is 0 Å². The fourth-order valence-electron chi connectivity index (χ4n) is 3.54. The Hall–Kier alpha value is -3.18. The SMILES string of the molecule is Cc1cc(CCC(=O)O)cc(C)c1OCCC(C)Oc1ccc(Cl)cc1Oc1ccccc1. The number of hydrogen-bond donors (Lipinski definition) is 1. The molecule has 0 saturated heterocycles. The van der Waals surface area contributed by atoms with E-state index in [1.807, 2.05) is 69.3 Å². The van der Waals surface area contributed by atoms with Crippen LogP contribution in [0.25, 0.3) is 0 Å². The number of benzene rings is 3. The van der Waals surface area contributed by atoms with Crippen LogP contribution in [0.15, 0.2) is 60.7 Å². The van der Waals surface area contributed by atoms with Gasteiger partial charge in [-0.05, 0) is 68.1 Å². The molecule has 5 nitrogen and oxygen atoms in total. The summed E-state index contributed by atoms with van der Waals surface area (Å²) >= 11 is 6.16. The van der Waals surface area contributed by atoms with Crippen molar-refractivity contribution < 1.29 is 24.1 Å². The number of carboxylic acids is 1. The highest BCUT2D eigenvalue weighted by Gasteiger charge is 2.13. The molecule has 0 aliphatic carbocycles. The maximum atomic E-state index is 10.8. The van der Waals surface area contributed by atoms with E-state index in [1.54, 1.807) is 12.1 Å². The monoisotopic (exact) mass is 468 g/mol. The molecular weight excluding hydrogens is 440 g/mol. The Morgan fingerprint density at radius 3 is 2.36 bits per heavy atom. The fourth-order valence-corrected chi connectivity index (χ4v) is 3.70. The third-order valence-corrected chi connectivity index (χ3v) is 5.36. The van der Waals surface area contributed by atoms with Crippen LogP contribution >= 0.6 is 11.6 Å². The van der Waals surface area contributed by atoms with Crippen LogP contribution < -0.4 is 14.2 Å². The molecule has 0 spiro atoms. The topological polar surface area (TPSA) is 65.0 Å². The quantitative estimate of drug-likeness (QED) is 0.328. The standard InChI is InChI=1S/C27H29ClO5/c1-18-15-21(9-12-26(29)30)16-19(2)27(18)31-14-13-20(3)32-24-11-10-22(28)17-25(24)33-23-7-5-4-6-8-23/h4-8,10-11,15-17,20H,9,12-14H2,1-3H3,(H,29,30). The Bertz CT molecular complexity index is 1060. The fraction of sp³-hybridized carbons (Fsp3) is 0.296. The third kappa shape index (κ3) is 7.43. The predicted molar refractivity (Wildman–Crippen MR) is 130 cm³/mol. The summed E-state index contributed by atoms with van der Waals surface area (Å²) in [7, 11) is 0. The molecule has 0 radical (unpaired) electrons. The van der Waals surface area contributed by atoms with E-state index in [9.17, 15) is 4.79 Å². The van der Waals surface area contributed by atoms with Crippen molar-refractivity contribution in [2.24, 2.45) is 0 Å². The summed E-state index contributed by atoms with van der Waals surface area (Å²) in [5.74, 6) is 1.92. The number of halogens is 1. The zero-order valence-electron chi connectivity index (χ0n) is 19.1. The van der Waals surface area contributed by atoms with Crippen molar-refractivity contribution in [1.29, 1.82) is 0 Å². The van der Waals surface area contributed by atoms with Gasteiger partial charge in [-0.1, -0.05) is 41.9 Å². The molecule has 0 aliphatic heterocycles. The van der Waals surface area contributed by atoms with Crippen LogP contribution in [0, 0.1) is 13.8 Å². The highest BCUT2D eigenvalue weighted by atomic mass is 35.5. The lowest BCUT2D eigenvalue weighted by Crippen LogP contribution is -2.16. The van der Waals surface area contributed by atoms with Crippen LogP contribution in [0.5, 0.6) is 23.0 Å². The van der Waals surface area contributed by atoms with Crippen LogP contribution in [-0.4, -0.2) is 23.8 Å². The van der Waals surface area contributed by atoms with E-state index in [1.165, 1.54) is 0 Å². The molecule has 0 aliphatic rings. The van der Waals surface area contributed by atoms with E-state index in [0.717, 1.165) is 22.4 Å². The number of para-hydroxylation sites is 1.